The Morgan fingerprint density at radius 1 is 1.62 bits per heavy atom. The van der Waals surface area contributed by atoms with E-state index in [0.29, 0.717) is 0 Å². The van der Waals surface area contributed by atoms with Crippen molar-refractivity contribution in [1.29, 1.82) is 0 Å². The van der Waals surface area contributed by atoms with E-state index in [-0.39, 0.29) is 11.3 Å². The number of carbonyl (C=O) groups is 1. The molecule has 13 heavy (non-hydrogen) atoms. The lowest BCUT2D eigenvalue weighted by molar-refractivity contribution is -0.132. The van der Waals surface area contributed by atoms with E-state index >= 15 is 0 Å². The summed E-state index contributed by atoms with van der Waals surface area (Å²) in [5.74, 6) is -1.27. The second kappa shape index (κ2) is 2.84. The van der Waals surface area contributed by atoms with Gasteiger partial charge in [-0.25, -0.2) is 4.79 Å². The van der Waals surface area contributed by atoms with Crippen LogP contribution in [0.3, 0.4) is 0 Å². The van der Waals surface area contributed by atoms with Gasteiger partial charge in [-0.05, 0) is 12.2 Å². The third-order valence-electron chi connectivity index (χ3n) is 1.79. The van der Waals surface area contributed by atoms with Crippen molar-refractivity contribution in [2.45, 2.75) is 11.8 Å². The van der Waals surface area contributed by atoms with Gasteiger partial charge in [0.1, 0.15) is 6.10 Å². The van der Waals surface area contributed by atoms with Crippen LogP contribution in [0.15, 0.2) is 23.4 Å². The predicted octanol–water partition coefficient (Wildman–Crippen LogP) is -2.14. The number of aliphatic carboxylic acids is 1. The Kier molecular flexibility index (Phi) is 2.12. The molecule has 2 atom stereocenters. The number of carboxylic acids is 1. The maximum atomic E-state index is 10.5. The van der Waals surface area contributed by atoms with Crippen molar-refractivity contribution in [3.63, 3.8) is 0 Å². The number of hydrogen-bond donors (Lipinski definition) is 5. The Morgan fingerprint density at radius 3 is 2.62 bits per heavy atom. The molecule has 1 aliphatic rings. The molecule has 2 unspecified atom stereocenters. The minimum atomic E-state index is -2.00. The summed E-state index contributed by atoms with van der Waals surface area (Å²) < 4.78 is 0. The lowest BCUT2D eigenvalue weighted by Crippen LogP contribution is -2.53. The maximum absolute atomic E-state index is 10.5. The van der Waals surface area contributed by atoms with Crippen molar-refractivity contribution in [3.8, 4) is 0 Å². The quantitative estimate of drug-likeness (QED) is 0.297. The molecule has 72 valence electrons. The second-order valence-electron chi connectivity index (χ2n) is 2.80. The fourth-order valence-electron chi connectivity index (χ4n) is 0.995. The van der Waals surface area contributed by atoms with Crippen LogP contribution in [0.2, 0.25) is 0 Å². The van der Waals surface area contributed by atoms with Crippen LogP contribution >= 0.6 is 0 Å². The van der Waals surface area contributed by atoms with Gasteiger partial charge in [0, 0.05) is 0 Å². The van der Waals surface area contributed by atoms with E-state index in [0.717, 1.165) is 12.2 Å². The average molecular weight is 186 g/mol. The summed E-state index contributed by atoms with van der Waals surface area (Å²) in [5, 5.41) is 27.1. The smallest absolute Gasteiger partial charge is 0.337 e. The molecule has 6 heteroatoms. The molecular weight excluding hydrogens is 176 g/mol. The molecule has 0 heterocycles. The molecule has 7 N–H and O–H groups in total. The van der Waals surface area contributed by atoms with Crippen LogP contribution in [0, 0.1) is 0 Å². The first-order chi connectivity index (χ1) is 5.86. The van der Waals surface area contributed by atoms with E-state index in [4.69, 9.17) is 16.6 Å². The molecule has 0 aliphatic heterocycles. The van der Waals surface area contributed by atoms with Crippen LogP contribution in [0.25, 0.3) is 0 Å². The van der Waals surface area contributed by atoms with Gasteiger partial charge in [0.05, 0.1) is 11.3 Å². The van der Waals surface area contributed by atoms with Gasteiger partial charge in [-0.3, -0.25) is 5.73 Å². The Hall–Kier alpha value is -1.37. The normalized spacial score (nSPS) is 33.6. The largest absolute Gasteiger partial charge is 0.478 e. The number of nitrogens with two attached hydrogens (primary N) is 2. The topological polar surface area (TPSA) is 130 Å². The Morgan fingerprint density at radius 2 is 2.15 bits per heavy atom. The van der Waals surface area contributed by atoms with E-state index in [1.54, 1.807) is 0 Å². The van der Waals surface area contributed by atoms with Crippen LogP contribution in [0.1, 0.15) is 0 Å². The van der Waals surface area contributed by atoms with Crippen molar-refractivity contribution in [3.05, 3.63) is 23.4 Å². The van der Waals surface area contributed by atoms with Gasteiger partial charge < -0.3 is 21.1 Å². The molecule has 0 aromatic carbocycles. The van der Waals surface area contributed by atoms with Crippen molar-refractivity contribution in [2.75, 3.05) is 0 Å². The number of rotatable bonds is 1. The summed E-state index contributed by atoms with van der Waals surface area (Å²) in [6, 6.07) is 0. The highest BCUT2D eigenvalue weighted by molar-refractivity contribution is 5.91. The molecule has 1 aliphatic carbocycles. The highest BCUT2D eigenvalue weighted by Gasteiger charge is 2.35. The molecule has 0 spiro atoms. The fraction of sp³-hybridized carbons (Fsp3) is 0.286. The summed E-state index contributed by atoms with van der Waals surface area (Å²) in [7, 11) is 0. The molecule has 0 amide bonds. The van der Waals surface area contributed by atoms with Crippen molar-refractivity contribution in [2.24, 2.45) is 11.5 Å². The van der Waals surface area contributed by atoms with E-state index in [1.807, 2.05) is 0 Å². The fourth-order valence-corrected chi connectivity index (χ4v) is 0.995. The van der Waals surface area contributed by atoms with Gasteiger partial charge in [0.25, 0.3) is 0 Å². The van der Waals surface area contributed by atoms with Gasteiger partial charge in [-0.1, -0.05) is 0 Å². The molecule has 0 fully saturated rings. The molecule has 0 radical (unpaired) electrons. The first-order valence-electron chi connectivity index (χ1n) is 3.47. The lowest BCUT2D eigenvalue weighted by atomic mass is 9.94. The Balaban J connectivity index is 3.11. The second-order valence-corrected chi connectivity index (χ2v) is 2.80. The highest BCUT2D eigenvalue weighted by Crippen LogP contribution is 2.20. The number of aliphatic hydroxyl groups excluding tert-OH is 1. The zero-order valence-electron chi connectivity index (χ0n) is 6.64. The summed E-state index contributed by atoms with van der Waals surface area (Å²) in [6.07, 6.45) is 0.450. The average Bonchev–Trinajstić information content (AvgIpc) is 2.00. The van der Waals surface area contributed by atoms with E-state index < -0.39 is 17.8 Å². The predicted molar refractivity (Wildman–Crippen MR) is 43.1 cm³/mol. The van der Waals surface area contributed by atoms with Crippen LogP contribution in [0.4, 0.5) is 0 Å². The van der Waals surface area contributed by atoms with Crippen LogP contribution in [-0.2, 0) is 4.79 Å². The van der Waals surface area contributed by atoms with E-state index in [1.165, 1.54) is 0 Å². The first kappa shape index (κ1) is 9.72. The lowest BCUT2D eigenvalue weighted by Gasteiger charge is -2.29. The molecule has 0 aromatic rings. The SMILES string of the molecule is NC1=C(C(=O)O)C=CC(N)(O)C1O. The Bertz CT molecular complexity index is 306. The molecule has 0 aromatic heterocycles. The number of carboxylic acid groups (broad SMARTS) is 1. The van der Waals surface area contributed by atoms with Crippen molar-refractivity contribution < 1.29 is 20.1 Å². The van der Waals surface area contributed by atoms with Crippen molar-refractivity contribution in [1.82, 2.24) is 0 Å². The first-order valence-corrected chi connectivity index (χ1v) is 3.47. The summed E-state index contributed by atoms with van der Waals surface area (Å²) in [6.45, 7) is 0. The minimum Gasteiger partial charge on any atom is -0.478 e. The molecule has 0 bridgehead atoms. The Labute approximate surface area is 73.8 Å². The van der Waals surface area contributed by atoms with Crippen LogP contribution < -0.4 is 11.5 Å². The number of hydrogen-bond acceptors (Lipinski definition) is 5. The van der Waals surface area contributed by atoms with Gasteiger partial charge >= 0.3 is 5.97 Å². The summed E-state index contributed by atoms with van der Waals surface area (Å²) in [5.41, 5.74) is 7.84. The maximum Gasteiger partial charge on any atom is 0.337 e. The zero-order chi connectivity index (χ0) is 10.2. The van der Waals surface area contributed by atoms with Crippen LogP contribution in [0.5, 0.6) is 0 Å². The summed E-state index contributed by atoms with van der Waals surface area (Å²) >= 11 is 0. The number of aliphatic hydroxyl groups is 2. The third-order valence-corrected chi connectivity index (χ3v) is 1.79. The molecule has 0 saturated carbocycles. The monoisotopic (exact) mass is 186 g/mol. The van der Waals surface area contributed by atoms with Gasteiger partial charge in [0.15, 0.2) is 5.72 Å². The van der Waals surface area contributed by atoms with E-state index in [9.17, 15) is 15.0 Å². The molecular formula is C7H10N2O4. The molecule has 0 saturated heterocycles. The molecule has 6 nitrogen and oxygen atoms in total. The van der Waals surface area contributed by atoms with Gasteiger partial charge in [-0.15, -0.1) is 0 Å². The minimum absolute atomic E-state index is 0.261. The van der Waals surface area contributed by atoms with Crippen molar-refractivity contribution >= 4 is 5.97 Å². The van der Waals surface area contributed by atoms with Gasteiger partial charge in [-0.2, -0.15) is 0 Å². The third kappa shape index (κ3) is 1.55. The van der Waals surface area contributed by atoms with Crippen LogP contribution in [-0.4, -0.2) is 33.1 Å². The zero-order valence-corrected chi connectivity index (χ0v) is 6.64. The highest BCUT2D eigenvalue weighted by atomic mass is 16.4. The standard InChI is InChI=1S/C7H10N2O4/c8-4-3(6(11)12)1-2-7(9,13)5(4)10/h1-2,5,10,13H,8-9H2,(H,11,12). The van der Waals surface area contributed by atoms with Gasteiger partial charge in [0.2, 0.25) is 0 Å². The van der Waals surface area contributed by atoms with E-state index in [2.05, 4.69) is 0 Å². The molecule has 1 rings (SSSR count). The summed E-state index contributed by atoms with van der Waals surface area (Å²) in [4.78, 5) is 10.5.